The van der Waals surface area contributed by atoms with E-state index in [4.69, 9.17) is 23.2 Å². The summed E-state index contributed by atoms with van der Waals surface area (Å²) in [6, 6.07) is 18.3. The SMILES string of the molecule is O=C(Nc1ccc(Cl)cc1)NN(C(=O)Nc1ccc(Cl)cc1)c1nc(-c2cccc(O)c2)cs1. The molecule has 34 heavy (non-hydrogen) atoms. The smallest absolute Gasteiger partial charge is 0.347 e. The van der Waals surface area contributed by atoms with E-state index in [0.717, 1.165) is 16.3 Å². The van der Waals surface area contributed by atoms with Crippen molar-refractivity contribution in [3.05, 3.63) is 88.2 Å². The lowest BCUT2D eigenvalue weighted by Gasteiger charge is -2.21. The van der Waals surface area contributed by atoms with Crippen molar-refractivity contribution < 1.29 is 14.7 Å². The number of carbonyl (C=O) groups is 2. The number of nitrogens with zero attached hydrogens (tertiary/aromatic N) is 2. The van der Waals surface area contributed by atoms with Crippen molar-refractivity contribution >= 4 is 63.1 Å². The predicted octanol–water partition coefficient (Wildman–Crippen LogP) is 6.60. The number of carbonyl (C=O) groups excluding carboxylic acids is 2. The van der Waals surface area contributed by atoms with Gasteiger partial charge in [-0.3, -0.25) is 0 Å². The minimum Gasteiger partial charge on any atom is -0.508 e. The summed E-state index contributed by atoms with van der Waals surface area (Å²) in [7, 11) is 0. The van der Waals surface area contributed by atoms with Crippen molar-refractivity contribution in [3.63, 3.8) is 0 Å². The fourth-order valence-electron chi connectivity index (χ4n) is 2.86. The van der Waals surface area contributed by atoms with Crippen LogP contribution < -0.4 is 21.1 Å². The van der Waals surface area contributed by atoms with Crippen LogP contribution in [0.1, 0.15) is 0 Å². The molecule has 0 saturated carbocycles. The Balaban J connectivity index is 1.58. The highest BCUT2D eigenvalue weighted by molar-refractivity contribution is 7.14. The third-order valence-electron chi connectivity index (χ3n) is 4.44. The Morgan fingerprint density at radius 2 is 1.50 bits per heavy atom. The summed E-state index contributed by atoms with van der Waals surface area (Å²) in [6.07, 6.45) is 0. The van der Waals surface area contributed by atoms with Gasteiger partial charge >= 0.3 is 12.1 Å². The number of thiazole rings is 1. The minimum atomic E-state index is -0.664. The van der Waals surface area contributed by atoms with E-state index in [1.807, 2.05) is 0 Å². The second-order valence-electron chi connectivity index (χ2n) is 6.91. The molecule has 8 nitrogen and oxygen atoms in total. The molecule has 0 fully saturated rings. The van der Waals surface area contributed by atoms with Gasteiger partial charge in [0.2, 0.25) is 5.13 Å². The normalized spacial score (nSPS) is 10.4. The molecule has 4 rings (SSSR count). The molecule has 4 amide bonds. The van der Waals surface area contributed by atoms with Crippen LogP contribution in [0, 0.1) is 0 Å². The summed E-state index contributed by atoms with van der Waals surface area (Å²) in [5, 5.41) is 19.1. The van der Waals surface area contributed by atoms with E-state index in [1.54, 1.807) is 78.2 Å². The molecule has 0 unspecified atom stereocenters. The van der Waals surface area contributed by atoms with E-state index in [-0.39, 0.29) is 10.9 Å². The predicted molar refractivity (Wildman–Crippen MR) is 136 cm³/mol. The number of amides is 4. The topological polar surface area (TPSA) is 107 Å². The zero-order valence-electron chi connectivity index (χ0n) is 17.3. The van der Waals surface area contributed by atoms with E-state index in [1.165, 1.54) is 0 Å². The first-order valence-electron chi connectivity index (χ1n) is 9.82. The maximum absolute atomic E-state index is 13.1. The van der Waals surface area contributed by atoms with E-state index < -0.39 is 12.1 Å². The maximum Gasteiger partial charge on any atom is 0.347 e. The van der Waals surface area contributed by atoms with E-state index in [9.17, 15) is 14.7 Å². The Kier molecular flexibility index (Phi) is 7.17. The largest absolute Gasteiger partial charge is 0.508 e. The number of anilines is 3. The molecule has 0 saturated heterocycles. The van der Waals surface area contributed by atoms with Crippen LogP contribution in [-0.2, 0) is 0 Å². The second kappa shape index (κ2) is 10.4. The van der Waals surface area contributed by atoms with Gasteiger partial charge in [-0.2, -0.15) is 5.01 Å². The third-order valence-corrected chi connectivity index (χ3v) is 5.77. The lowest BCUT2D eigenvalue weighted by Crippen LogP contribution is -2.50. The molecule has 0 atom stereocenters. The van der Waals surface area contributed by atoms with E-state index in [0.29, 0.717) is 32.7 Å². The molecule has 11 heteroatoms. The van der Waals surface area contributed by atoms with Crippen molar-refractivity contribution in [1.29, 1.82) is 0 Å². The molecule has 1 aromatic heterocycles. The molecule has 0 bridgehead atoms. The Bertz CT molecular complexity index is 1310. The highest BCUT2D eigenvalue weighted by atomic mass is 35.5. The minimum absolute atomic E-state index is 0.0878. The molecular formula is C23H17Cl2N5O3S. The summed E-state index contributed by atoms with van der Waals surface area (Å²) in [5.41, 5.74) is 4.66. The van der Waals surface area contributed by atoms with Crippen LogP contribution in [0.3, 0.4) is 0 Å². The molecule has 172 valence electrons. The summed E-state index contributed by atoms with van der Waals surface area (Å²) in [5.74, 6) is 0.0878. The average molecular weight is 514 g/mol. The average Bonchev–Trinajstić information content (AvgIpc) is 3.30. The first kappa shape index (κ1) is 23.4. The van der Waals surface area contributed by atoms with Gasteiger partial charge in [-0.1, -0.05) is 35.3 Å². The Morgan fingerprint density at radius 3 is 2.12 bits per heavy atom. The molecule has 1 heterocycles. The standard InChI is InChI=1S/C23H17Cl2N5O3S/c24-15-4-8-17(9-5-15)26-21(32)29-30(22(33)27-18-10-6-16(25)7-11-18)23-28-20(13-34-23)14-2-1-3-19(31)12-14/h1-13,31H,(H,27,33)(H2,26,29,32). The lowest BCUT2D eigenvalue weighted by molar-refractivity contribution is 0.243. The molecule has 0 aliphatic carbocycles. The van der Waals surface area contributed by atoms with Crippen molar-refractivity contribution in [2.45, 2.75) is 0 Å². The quantitative estimate of drug-likeness (QED) is 0.230. The van der Waals surface area contributed by atoms with Crippen molar-refractivity contribution in [2.24, 2.45) is 0 Å². The van der Waals surface area contributed by atoms with Crippen LogP contribution in [0.4, 0.5) is 26.1 Å². The fraction of sp³-hybridized carbons (Fsp3) is 0. The van der Waals surface area contributed by atoms with Gasteiger partial charge in [0.25, 0.3) is 0 Å². The molecule has 0 radical (unpaired) electrons. The number of phenols is 1. The number of hydrazine groups is 1. The van der Waals surface area contributed by atoms with Crippen molar-refractivity contribution in [2.75, 3.05) is 15.6 Å². The zero-order valence-corrected chi connectivity index (χ0v) is 19.7. The Morgan fingerprint density at radius 1 is 0.882 bits per heavy atom. The first-order chi connectivity index (χ1) is 16.4. The monoisotopic (exact) mass is 513 g/mol. The number of benzene rings is 3. The van der Waals surface area contributed by atoms with Crippen molar-refractivity contribution in [1.82, 2.24) is 10.4 Å². The van der Waals surface area contributed by atoms with Gasteiger partial charge in [-0.25, -0.2) is 20.0 Å². The first-order valence-corrected chi connectivity index (χ1v) is 11.5. The van der Waals surface area contributed by atoms with Gasteiger partial charge in [-0.15, -0.1) is 11.3 Å². The van der Waals surface area contributed by atoms with Crippen LogP contribution >= 0.6 is 34.5 Å². The number of nitrogens with one attached hydrogen (secondary N) is 3. The third kappa shape index (κ3) is 5.96. The Labute approximate surface area is 208 Å². The van der Waals surface area contributed by atoms with Gasteiger partial charge in [0.15, 0.2) is 0 Å². The summed E-state index contributed by atoms with van der Waals surface area (Å²) < 4.78 is 0. The van der Waals surface area contributed by atoms with Gasteiger partial charge < -0.3 is 15.7 Å². The highest BCUT2D eigenvalue weighted by Gasteiger charge is 2.23. The molecule has 0 aliphatic rings. The molecule has 3 aromatic carbocycles. The van der Waals surface area contributed by atoms with Crippen LogP contribution in [-0.4, -0.2) is 22.2 Å². The summed E-state index contributed by atoms with van der Waals surface area (Å²) in [4.78, 5) is 30.2. The van der Waals surface area contributed by atoms with Gasteiger partial charge in [0.05, 0.1) is 5.69 Å². The number of halogens is 2. The molecule has 4 N–H and O–H groups in total. The number of rotatable bonds is 4. The van der Waals surface area contributed by atoms with Crippen LogP contribution in [0.2, 0.25) is 10.0 Å². The lowest BCUT2D eigenvalue weighted by atomic mass is 10.2. The number of aromatic hydroxyl groups is 1. The molecule has 4 aromatic rings. The van der Waals surface area contributed by atoms with Gasteiger partial charge in [0.1, 0.15) is 5.75 Å². The van der Waals surface area contributed by atoms with Gasteiger partial charge in [0, 0.05) is 32.4 Å². The number of phenolic OH excluding ortho intramolecular Hbond substituents is 1. The molecule has 0 aliphatic heterocycles. The Hall–Kier alpha value is -3.79. The molecule has 0 spiro atoms. The number of aromatic nitrogens is 1. The number of hydrogen-bond acceptors (Lipinski definition) is 5. The highest BCUT2D eigenvalue weighted by Crippen LogP contribution is 2.29. The van der Waals surface area contributed by atoms with Crippen molar-refractivity contribution in [3.8, 4) is 17.0 Å². The van der Waals surface area contributed by atoms with E-state index >= 15 is 0 Å². The van der Waals surface area contributed by atoms with Crippen LogP contribution in [0.15, 0.2) is 78.2 Å². The van der Waals surface area contributed by atoms with Crippen LogP contribution in [0.5, 0.6) is 5.75 Å². The second-order valence-corrected chi connectivity index (χ2v) is 8.62. The van der Waals surface area contributed by atoms with Crippen LogP contribution in [0.25, 0.3) is 11.3 Å². The van der Waals surface area contributed by atoms with E-state index in [2.05, 4.69) is 21.0 Å². The van der Waals surface area contributed by atoms with Gasteiger partial charge in [-0.05, 0) is 60.7 Å². The summed E-state index contributed by atoms with van der Waals surface area (Å²) >= 11 is 12.9. The summed E-state index contributed by atoms with van der Waals surface area (Å²) in [6.45, 7) is 0. The number of hydrogen-bond donors (Lipinski definition) is 4. The zero-order chi connectivity index (χ0) is 24.1. The maximum atomic E-state index is 13.1. The number of urea groups is 2. The fourth-order valence-corrected chi connectivity index (χ4v) is 3.90. The molecular weight excluding hydrogens is 497 g/mol.